The number of hydrogen-bond donors (Lipinski definition) is 25. The zero-order chi connectivity index (χ0) is 89.4. The van der Waals surface area contributed by atoms with Gasteiger partial charge in [-0.25, -0.2) is 43.2 Å². The Morgan fingerprint density at radius 2 is 0.451 bits per heavy atom. The number of ether oxygens (including phenoxy) is 10. The van der Waals surface area contributed by atoms with Crippen molar-refractivity contribution in [1.29, 1.82) is 0 Å². The number of ketones is 1. The third kappa shape index (κ3) is 17.6. The van der Waals surface area contributed by atoms with E-state index in [2.05, 4.69) is 0 Å². The monoisotopic (exact) mass is 1700 g/mol. The van der Waals surface area contributed by atoms with Gasteiger partial charge in [0.15, 0.2) is 162 Å². The second-order valence-corrected chi connectivity index (χ2v) is 25.5. The van der Waals surface area contributed by atoms with E-state index in [1.807, 2.05) is 0 Å². The van der Waals surface area contributed by atoms with E-state index < -0.39 is 331 Å². The van der Waals surface area contributed by atoms with Crippen LogP contribution >= 0.6 is 0 Å². The van der Waals surface area contributed by atoms with Crippen LogP contribution in [0.15, 0.2) is 121 Å². The number of benzene rings is 10. The van der Waals surface area contributed by atoms with Crippen LogP contribution in [0.4, 0.5) is 0 Å². The fourth-order valence-corrected chi connectivity index (χ4v) is 11.1. The molecule has 25 N–H and O–H groups in total. The Hall–Kier alpha value is -17.9. The maximum atomic E-state index is 15.3. The van der Waals surface area contributed by atoms with Crippen molar-refractivity contribution in [1.82, 2.24) is 0 Å². The normalized spacial score (nSPS) is 14.7. The molecular formula is C77H54O45. The molecule has 0 unspecified atom stereocenters. The predicted molar refractivity (Wildman–Crippen MR) is 386 cm³/mol. The first kappa shape index (κ1) is 85.0. The van der Waals surface area contributed by atoms with Crippen LogP contribution < -0.4 is 18.9 Å². The summed E-state index contributed by atoms with van der Waals surface area (Å²) in [5, 5.41) is 262. The van der Waals surface area contributed by atoms with E-state index in [1.54, 1.807) is 0 Å². The Morgan fingerprint density at radius 1 is 0.230 bits per heavy atom. The van der Waals surface area contributed by atoms with Gasteiger partial charge in [0.05, 0.1) is 50.1 Å². The van der Waals surface area contributed by atoms with Crippen LogP contribution in [0.3, 0.4) is 0 Å². The smallest absolute Gasteiger partial charge is 0.343 e. The minimum atomic E-state index is -3.09. The average molecular weight is 1700 g/mol. The molecule has 45 heteroatoms. The van der Waals surface area contributed by atoms with Crippen LogP contribution in [0.2, 0.25) is 0 Å². The molecule has 11 rings (SSSR count). The zero-order valence-electron chi connectivity index (χ0n) is 60.2. The van der Waals surface area contributed by atoms with Gasteiger partial charge in [-0.05, 0) is 121 Å². The molecule has 0 bridgehead atoms. The molecule has 0 radical (unpaired) electrons. The van der Waals surface area contributed by atoms with Crippen LogP contribution in [0.5, 0.6) is 167 Å². The van der Waals surface area contributed by atoms with Gasteiger partial charge in [0.2, 0.25) is 35.4 Å². The van der Waals surface area contributed by atoms with E-state index in [1.165, 1.54) is 0 Å². The summed E-state index contributed by atoms with van der Waals surface area (Å²) >= 11 is 0. The number of hydrogen-bond acceptors (Lipinski definition) is 45. The molecular weight excluding hydrogens is 1640 g/mol. The number of carbonyl (C=O) groups excluding carboxylic acids is 10. The highest BCUT2D eigenvalue weighted by atomic mass is 16.8. The van der Waals surface area contributed by atoms with Gasteiger partial charge in [0.25, 0.3) is 0 Å². The molecule has 1 aliphatic heterocycles. The van der Waals surface area contributed by atoms with Crippen LogP contribution in [-0.2, 0) is 34.8 Å². The number of carbonyl (C=O) groups is 10. The van der Waals surface area contributed by atoms with Crippen molar-refractivity contribution in [2.75, 3.05) is 6.61 Å². The molecule has 0 saturated carbocycles. The largest absolute Gasteiger partial charge is 0.504 e. The van der Waals surface area contributed by atoms with Crippen molar-refractivity contribution < 1.29 is 223 Å². The Bertz CT molecular complexity index is 5970. The second-order valence-electron chi connectivity index (χ2n) is 25.5. The predicted octanol–water partition coefficient (Wildman–Crippen LogP) is 5.04. The summed E-state index contributed by atoms with van der Waals surface area (Å²) in [6, 6.07) is 9.26. The molecule has 1 heterocycles. The van der Waals surface area contributed by atoms with Crippen LogP contribution in [-0.4, -0.2) is 224 Å². The topological polar surface area (TPSA) is 769 Å². The molecule has 0 aromatic heterocycles. The van der Waals surface area contributed by atoms with E-state index in [0.717, 1.165) is 0 Å². The lowest BCUT2D eigenvalue weighted by molar-refractivity contribution is -0.282. The molecule has 0 spiro atoms. The third-order valence-electron chi connectivity index (χ3n) is 17.3. The third-order valence-corrected chi connectivity index (χ3v) is 17.3. The molecule has 1 fully saturated rings. The van der Waals surface area contributed by atoms with E-state index >= 15 is 14.4 Å². The Kier molecular flexibility index (Phi) is 23.3. The standard InChI is InChI=1S/C77H54O45/c78-34(23-2-36(80)56(95)37(81)3-23)4-24-1-25(5-35(79)55(24)94)73(109)119-65-54(22-113-68(104)30-14-46(90)61(100)50(18-30)114-69(105)26-6-38(82)57(96)39(83)7-26)118-77(122-76(112)33-17-49(93)64(103)53(21-33)117-72(108)29-12-44(88)60(99)45(89)13-29)67(121-75(111)32-16-48(92)63(102)52(20-32)116-71(107)28-10-42(86)59(98)43(87)11-28)66(65)120-74(110)31-15-47(91)62(101)51(19-31)115-70(106)27-8-40(84)58(97)41(85)9-27/h1-3,5-21,54,65-67,77,79-103H,4,22H2/t54-,65-,66+,67-,77+/m1/s1. The van der Waals surface area contributed by atoms with Crippen LogP contribution in [0.25, 0.3) is 0 Å². The molecule has 10 aromatic rings. The van der Waals surface area contributed by atoms with Gasteiger partial charge in [0.1, 0.15) is 12.7 Å². The summed E-state index contributed by atoms with van der Waals surface area (Å²) < 4.78 is 55.5. The Balaban J connectivity index is 1.09. The molecule has 45 nitrogen and oxygen atoms in total. The summed E-state index contributed by atoms with van der Waals surface area (Å²) in [6.07, 6.45) is -16.0. The first-order valence-corrected chi connectivity index (χ1v) is 33.5. The molecule has 0 amide bonds. The molecule has 1 aliphatic rings. The Morgan fingerprint density at radius 3 is 0.746 bits per heavy atom. The Labute approximate surface area is 673 Å². The van der Waals surface area contributed by atoms with E-state index in [4.69, 9.17) is 47.4 Å². The summed E-state index contributed by atoms with van der Waals surface area (Å²) in [4.78, 5) is 143. The van der Waals surface area contributed by atoms with Crippen molar-refractivity contribution in [2.24, 2.45) is 0 Å². The van der Waals surface area contributed by atoms with Gasteiger partial charge >= 0.3 is 53.7 Å². The first-order chi connectivity index (χ1) is 57.4. The second kappa shape index (κ2) is 33.5. The number of phenols is 25. The van der Waals surface area contributed by atoms with Crippen molar-refractivity contribution in [3.05, 3.63) is 183 Å². The SMILES string of the molecule is O=C(Cc1cc(C(=O)O[C@H]2[C@H](OC(=O)c3cc(O)c(O)c(OC(=O)c4cc(O)c(O)c(O)c4)c3)[C@@H](OC(=O)c3cc(O)c(O)c(OC(=O)c4cc(O)c(O)c(O)c4)c3)[C@H](OC(=O)c3cc(O)c(O)c(OC(=O)c4cc(O)c(O)c(O)c4)c3)O[C@@H]2COC(=O)c2cc(O)c(O)c(OC(=O)c3cc(O)c(O)c(O)c3)c2)cc(O)c1O)c1cc(O)c(O)c(O)c1. The minimum Gasteiger partial charge on any atom is -0.504 e. The molecule has 0 aliphatic carbocycles. The van der Waals surface area contributed by atoms with Crippen molar-refractivity contribution in [3.8, 4) is 167 Å². The highest BCUT2D eigenvalue weighted by Gasteiger charge is 2.55. The van der Waals surface area contributed by atoms with Crippen molar-refractivity contribution >= 4 is 59.5 Å². The van der Waals surface area contributed by atoms with Crippen molar-refractivity contribution in [2.45, 2.75) is 37.1 Å². The lowest BCUT2D eigenvalue weighted by Gasteiger charge is -2.44. The maximum Gasteiger partial charge on any atom is 0.343 e. The van der Waals surface area contributed by atoms with E-state index in [-0.39, 0.29) is 0 Å². The fraction of sp³-hybridized carbons (Fsp3) is 0.0909. The summed E-state index contributed by atoms with van der Waals surface area (Å²) in [5.74, 6) is -53.3. The number of esters is 9. The van der Waals surface area contributed by atoms with E-state index in [9.17, 15) is 161 Å². The molecule has 5 atom stereocenters. The highest BCUT2D eigenvalue weighted by Crippen LogP contribution is 2.47. The van der Waals surface area contributed by atoms with Gasteiger partial charge in [-0.15, -0.1) is 0 Å². The van der Waals surface area contributed by atoms with Crippen LogP contribution in [0, 0.1) is 0 Å². The van der Waals surface area contributed by atoms with Gasteiger partial charge in [-0.2, -0.15) is 0 Å². The number of Topliss-reactive ketones (excluding diaryl/α,β-unsaturated/α-hetero) is 1. The summed E-state index contributed by atoms with van der Waals surface area (Å²) in [7, 11) is 0. The number of rotatable bonds is 22. The van der Waals surface area contributed by atoms with Gasteiger partial charge < -0.3 is 175 Å². The molecule has 1 saturated heterocycles. The van der Waals surface area contributed by atoms with E-state index in [0.29, 0.717) is 121 Å². The summed E-state index contributed by atoms with van der Waals surface area (Å²) in [6.45, 7) is -1.68. The first-order valence-electron chi connectivity index (χ1n) is 33.5. The van der Waals surface area contributed by atoms with Gasteiger partial charge in [-0.1, -0.05) is 0 Å². The molecule has 632 valence electrons. The van der Waals surface area contributed by atoms with Crippen LogP contribution in [0.1, 0.15) is 109 Å². The van der Waals surface area contributed by atoms with Crippen molar-refractivity contribution in [3.63, 3.8) is 0 Å². The zero-order valence-corrected chi connectivity index (χ0v) is 60.2. The summed E-state index contributed by atoms with van der Waals surface area (Å²) in [5.41, 5.74) is -10.2. The van der Waals surface area contributed by atoms with Gasteiger partial charge in [-0.3, -0.25) is 4.79 Å². The fourth-order valence-electron chi connectivity index (χ4n) is 11.1. The minimum absolute atomic E-state index is 0.309. The lowest BCUT2D eigenvalue weighted by Crippen LogP contribution is -2.63. The number of aromatic hydroxyl groups is 25. The quantitative estimate of drug-likeness (QED) is 0.0139. The number of phenolic OH excluding ortho intramolecular Hbond substituents is 25. The molecule has 122 heavy (non-hydrogen) atoms. The highest BCUT2D eigenvalue weighted by molar-refractivity contribution is 6.02. The molecule has 10 aromatic carbocycles. The van der Waals surface area contributed by atoms with Gasteiger partial charge in [0, 0.05) is 17.5 Å². The average Bonchev–Trinajstić information content (AvgIpc) is 0.762. The maximum absolute atomic E-state index is 15.3. The lowest BCUT2D eigenvalue weighted by atomic mass is 9.97.